The first-order chi connectivity index (χ1) is 9.63. The molecule has 0 fully saturated rings. The molecule has 0 aliphatic rings. The number of nitrogens with one attached hydrogen (secondary N) is 1. The maximum atomic E-state index is 13.1. The first-order valence-corrected chi connectivity index (χ1v) is 7.65. The summed E-state index contributed by atoms with van der Waals surface area (Å²) in [5.41, 5.74) is 1.27. The molecule has 0 spiro atoms. The summed E-state index contributed by atoms with van der Waals surface area (Å²) in [6.45, 7) is 0. The van der Waals surface area contributed by atoms with Gasteiger partial charge in [-0.15, -0.1) is 0 Å². The number of aromatic nitrogens is 1. The summed E-state index contributed by atoms with van der Waals surface area (Å²) in [6, 6.07) is 11.7. The zero-order chi connectivity index (χ0) is 14.1. The minimum absolute atomic E-state index is 0.213. The van der Waals surface area contributed by atoms with Gasteiger partial charge in [0.1, 0.15) is 5.82 Å². The number of hydrogen-bond acceptors (Lipinski definition) is 3. The van der Waals surface area contributed by atoms with Crippen molar-refractivity contribution in [1.29, 1.82) is 0 Å². The molecule has 6 heteroatoms. The molecule has 0 radical (unpaired) electrons. The van der Waals surface area contributed by atoms with E-state index in [0.717, 1.165) is 3.57 Å². The van der Waals surface area contributed by atoms with Crippen LogP contribution in [0, 0.1) is 9.39 Å². The second-order valence-corrected chi connectivity index (χ2v) is 6.26. The van der Waals surface area contributed by atoms with Crippen molar-refractivity contribution in [2.75, 3.05) is 5.32 Å². The quantitative estimate of drug-likeness (QED) is 0.655. The van der Waals surface area contributed by atoms with Gasteiger partial charge in [-0.1, -0.05) is 23.5 Å². The Morgan fingerprint density at radius 2 is 2.05 bits per heavy atom. The van der Waals surface area contributed by atoms with Crippen molar-refractivity contribution >= 4 is 55.2 Å². The lowest BCUT2D eigenvalue weighted by Crippen LogP contribution is -2.12. The third kappa shape index (κ3) is 2.66. The lowest BCUT2D eigenvalue weighted by atomic mass is 10.2. The monoisotopic (exact) mass is 398 g/mol. The maximum Gasteiger partial charge on any atom is 0.258 e. The van der Waals surface area contributed by atoms with E-state index >= 15 is 0 Å². The predicted molar refractivity (Wildman–Crippen MR) is 86.7 cm³/mol. The Balaban J connectivity index is 1.89. The van der Waals surface area contributed by atoms with Crippen LogP contribution < -0.4 is 5.32 Å². The fraction of sp³-hybridized carbons (Fsp3) is 0. The number of thiazole rings is 1. The highest BCUT2D eigenvalue weighted by molar-refractivity contribution is 14.1. The number of nitrogens with zero attached hydrogens (tertiary/aromatic N) is 1. The molecule has 0 aliphatic heterocycles. The molecule has 100 valence electrons. The molecule has 3 nitrogen and oxygen atoms in total. The second-order valence-electron chi connectivity index (χ2n) is 4.07. The van der Waals surface area contributed by atoms with E-state index in [2.05, 4.69) is 32.9 Å². The largest absolute Gasteiger partial charge is 0.298 e. The molecule has 3 rings (SSSR count). The van der Waals surface area contributed by atoms with Crippen LogP contribution in [0.4, 0.5) is 9.52 Å². The van der Waals surface area contributed by atoms with Crippen molar-refractivity contribution in [2.24, 2.45) is 0 Å². The summed E-state index contributed by atoms with van der Waals surface area (Å²) in [5, 5.41) is 3.22. The zero-order valence-electron chi connectivity index (χ0n) is 10.1. The van der Waals surface area contributed by atoms with Crippen molar-refractivity contribution < 1.29 is 9.18 Å². The highest BCUT2D eigenvalue weighted by Crippen LogP contribution is 2.27. The Hall–Kier alpha value is -1.54. The van der Waals surface area contributed by atoms with Crippen LogP contribution in [0.15, 0.2) is 42.5 Å². The topological polar surface area (TPSA) is 42.0 Å². The molecule has 0 unspecified atom stereocenters. The summed E-state index contributed by atoms with van der Waals surface area (Å²) in [6.07, 6.45) is 0. The third-order valence-electron chi connectivity index (χ3n) is 2.69. The number of anilines is 1. The molecule has 0 bridgehead atoms. The summed E-state index contributed by atoms with van der Waals surface area (Å²) in [4.78, 5) is 16.4. The van der Waals surface area contributed by atoms with E-state index in [-0.39, 0.29) is 11.7 Å². The standard InChI is InChI=1S/C14H8FIN2OS/c15-8-5-6-11-12(7-8)20-14(17-11)18-13(19)9-3-1-2-4-10(9)16/h1-7H,(H,17,18,19). The Labute approximate surface area is 132 Å². The van der Waals surface area contributed by atoms with Crippen molar-refractivity contribution in [3.8, 4) is 0 Å². The van der Waals surface area contributed by atoms with E-state index in [1.165, 1.54) is 23.5 Å². The van der Waals surface area contributed by atoms with Gasteiger partial charge in [0.25, 0.3) is 5.91 Å². The molecule has 1 heterocycles. The van der Waals surface area contributed by atoms with Gasteiger partial charge in [0.05, 0.1) is 15.8 Å². The SMILES string of the molecule is O=C(Nc1nc2ccc(F)cc2s1)c1ccccc1I. The molecule has 2 aromatic carbocycles. The predicted octanol–water partition coefficient (Wildman–Crippen LogP) is 4.29. The fourth-order valence-electron chi connectivity index (χ4n) is 1.76. The van der Waals surface area contributed by atoms with Crippen molar-refractivity contribution in [2.45, 2.75) is 0 Å². The van der Waals surface area contributed by atoms with Gasteiger partial charge >= 0.3 is 0 Å². The molecule has 20 heavy (non-hydrogen) atoms. The van der Waals surface area contributed by atoms with Gasteiger partial charge in [-0.2, -0.15) is 0 Å². The molecule has 3 aromatic rings. The lowest BCUT2D eigenvalue weighted by molar-refractivity contribution is 0.102. The van der Waals surface area contributed by atoms with Crippen LogP contribution in [0.3, 0.4) is 0 Å². The summed E-state index contributed by atoms with van der Waals surface area (Å²) < 4.78 is 14.7. The van der Waals surface area contributed by atoms with Gasteiger partial charge in [0.2, 0.25) is 0 Å². The number of carbonyl (C=O) groups is 1. The van der Waals surface area contributed by atoms with Crippen LogP contribution in [-0.4, -0.2) is 10.9 Å². The molecule has 1 aromatic heterocycles. The maximum absolute atomic E-state index is 13.1. The van der Waals surface area contributed by atoms with Crippen LogP contribution in [0.1, 0.15) is 10.4 Å². The van der Waals surface area contributed by atoms with E-state index < -0.39 is 0 Å². The normalized spacial score (nSPS) is 10.7. The number of halogens is 2. The Kier molecular flexibility index (Phi) is 3.66. The van der Waals surface area contributed by atoms with Gasteiger partial charge in [-0.3, -0.25) is 10.1 Å². The molecule has 0 atom stereocenters. The summed E-state index contributed by atoms with van der Waals surface area (Å²) in [7, 11) is 0. The first kappa shape index (κ1) is 13.4. The van der Waals surface area contributed by atoms with Crippen LogP contribution in [0.2, 0.25) is 0 Å². The number of carbonyl (C=O) groups excluding carboxylic acids is 1. The molecule has 1 amide bonds. The van der Waals surface area contributed by atoms with E-state index in [4.69, 9.17) is 0 Å². The average molecular weight is 398 g/mol. The highest BCUT2D eigenvalue weighted by atomic mass is 127. The molecule has 1 N–H and O–H groups in total. The smallest absolute Gasteiger partial charge is 0.258 e. The van der Waals surface area contributed by atoms with Gasteiger partial charge < -0.3 is 0 Å². The van der Waals surface area contributed by atoms with E-state index in [1.807, 2.05) is 18.2 Å². The number of rotatable bonds is 2. The Morgan fingerprint density at radius 3 is 2.85 bits per heavy atom. The van der Waals surface area contributed by atoms with Crippen LogP contribution in [0.5, 0.6) is 0 Å². The van der Waals surface area contributed by atoms with Gasteiger partial charge in [0, 0.05) is 3.57 Å². The van der Waals surface area contributed by atoms with Gasteiger partial charge in [-0.05, 0) is 52.9 Å². The van der Waals surface area contributed by atoms with Crippen molar-refractivity contribution in [1.82, 2.24) is 4.98 Å². The minimum atomic E-state index is -0.309. The second kappa shape index (κ2) is 5.45. The summed E-state index contributed by atoms with van der Waals surface area (Å²) >= 11 is 3.36. The molecule has 0 saturated heterocycles. The molecular weight excluding hydrogens is 390 g/mol. The van der Waals surface area contributed by atoms with E-state index in [1.54, 1.807) is 12.1 Å². The molecule has 0 saturated carbocycles. The molecule has 0 aliphatic carbocycles. The average Bonchev–Trinajstić information content (AvgIpc) is 2.80. The zero-order valence-corrected chi connectivity index (χ0v) is 13.0. The lowest BCUT2D eigenvalue weighted by Gasteiger charge is -2.03. The first-order valence-electron chi connectivity index (χ1n) is 5.75. The third-order valence-corrected chi connectivity index (χ3v) is 4.56. The number of fused-ring (bicyclic) bond motifs is 1. The highest BCUT2D eigenvalue weighted by Gasteiger charge is 2.12. The minimum Gasteiger partial charge on any atom is -0.298 e. The van der Waals surface area contributed by atoms with Gasteiger partial charge in [0.15, 0.2) is 5.13 Å². The van der Waals surface area contributed by atoms with E-state index in [0.29, 0.717) is 20.9 Å². The number of benzene rings is 2. The van der Waals surface area contributed by atoms with Crippen LogP contribution in [-0.2, 0) is 0 Å². The van der Waals surface area contributed by atoms with Crippen LogP contribution in [0.25, 0.3) is 10.2 Å². The molecular formula is C14H8FIN2OS. The Morgan fingerprint density at radius 1 is 1.25 bits per heavy atom. The van der Waals surface area contributed by atoms with Crippen molar-refractivity contribution in [3.63, 3.8) is 0 Å². The summed E-state index contributed by atoms with van der Waals surface area (Å²) in [5.74, 6) is -0.522. The number of hydrogen-bond donors (Lipinski definition) is 1. The fourth-order valence-corrected chi connectivity index (χ4v) is 3.28. The Bertz CT molecular complexity index is 803. The van der Waals surface area contributed by atoms with Crippen LogP contribution >= 0.6 is 33.9 Å². The van der Waals surface area contributed by atoms with Crippen molar-refractivity contribution in [3.05, 3.63) is 57.4 Å². The van der Waals surface area contributed by atoms with E-state index in [9.17, 15) is 9.18 Å². The number of amides is 1. The van der Waals surface area contributed by atoms with Gasteiger partial charge in [-0.25, -0.2) is 9.37 Å².